The van der Waals surface area contributed by atoms with Gasteiger partial charge in [0.15, 0.2) is 0 Å². The highest BCUT2D eigenvalue weighted by atomic mass is 79.9. The van der Waals surface area contributed by atoms with Crippen molar-refractivity contribution in [1.82, 2.24) is 0 Å². The van der Waals surface area contributed by atoms with E-state index in [9.17, 15) is 12.8 Å². The Bertz CT molecular complexity index is 714. The minimum Gasteiger partial charge on any atom is -0.379 e. The first kappa shape index (κ1) is 14.0. The normalized spacial score (nSPS) is 11.3. The van der Waals surface area contributed by atoms with Gasteiger partial charge in [-0.05, 0) is 36.8 Å². The molecule has 0 aromatic heterocycles. The third kappa shape index (κ3) is 3.13. The van der Waals surface area contributed by atoms with Crippen molar-refractivity contribution in [1.29, 1.82) is 0 Å². The maximum atomic E-state index is 13.6. The second-order valence-corrected chi connectivity index (χ2v) is 6.31. The summed E-state index contributed by atoms with van der Waals surface area (Å²) in [6.07, 6.45) is 0. The van der Waals surface area contributed by atoms with E-state index in [0.29, 0.717) is 10.0 Å². The van der Waals surface area contributed by atoms with Crippen molar-refractivity contribution in [2.45, 2.75) is 11.8 Å². The van der Waals surface area contributed by atoms with E-state index in [4.69, 9.17) is 4.18 Å². The lowest BCUT2D eigenvalue weighted by Crippen LogP contribution is -2.12. The number of para-hydroxylation sites is 1. The van der Waals surface area contributed by atoms with E-state index in [1.54, 1.807) is 25.1 Å². The quantitative estimate of drug-likeness (QED) is 0.798. The Morgan fingerprint density at radius 3 is 2.53 bits per heavy atom. The van der Waals surface area contributed by atoms with E-state index in [-0.39, 0.29) is 5.75 Å². The van der Waals surface area contributed by atoms with Crippen molar-refractivity contribution in [3.8, 4) is 5.75 Å². The molecule has 0 fully saturated rings. The third-order valence-corrected chi connectivity index (χ3v) is 4.20. The van der Waals surface area contributed by atoms with E-state index >= 15 is 0 Å². The van der Waals surface area contributed by atoms with Crippen molar-refractivity contribution in [3.05, 3.63) is 58.3 Å². The molecule has 0 heterocycles. The van der Waals surface area contributed by atoms with Gasteiger partial charge in [-0.15, -0.1) is 0 Å². The molecule has 3 nitrogen and oxygen atoms in total. The standard InChI is InChI=1S/C13H10BrFO3S/c1-9-4-2-3-5-12(9)18-19(16,17)13-8-10(14)6-7-11(13)15/h2-8H,1H3. The summed E-state index contributed by atoms with van der Waals surface area (Å²) in [5, 5.41) is 0. The second kappa shape index (κ2) is 5.30. The number of rotatable bonds is 3. The fourth-order valence-electron chi connectivity index (χ4n) is 1.48. The molecule has 6 heteroatoms. The zero-order chi connectivity index (χ0) is 14.0. The van der Waals surface area contributed by atoms with Crippen LogP contribution in [0.15, 0.2) is 51.8 Å². The van der Waals surface area contributed by atoms with Crippen LogP contribution in [0.1, 0.15) is 5.56 Å². The number of halogens is 2. The summed E-state index contributed by atoms with van der Waals surface area (Å²) in [7, 11) is -4.19. The molecule has 0 aliphatic rings. The summed E-state index contributed by atoms with van der Waals surface area (Å²) in [6.45, 7) is 1.71. The first-order valence-corrected chi connectivity index (χ1v) is 7.55. The topological polar surface area (TPSA) is 43.4 Å². The lowest BCUT2D eigenvalue weighted by molar-refractivity contribution is 0.474. The molecule has 2 rings (SSSR count). The molecule has 19 heavy (non-hydrogen) atoms. The Morgan fingerprint density at radius 1 is 1.16 bits per heavy atom. The van der Waals surface area contributed by atoms with Crippen LogP contribution in [0, 0.1) is 12.7 Å². The highest BCUT2D eigenvalue weighted by molar-refractivity contribution is 9.10. The summed E-state index contributed by atoms with van der Waals surface area (Å²) in [6, 6.07) is 10.3. The van der Waals surface area contributed by atoms with Gasteiger partial charge >= 0.3 is 10.1 Å². The lowest BCUT2D eigenvalue weighted by atomic mass is 10.2. The molecule has 2 aromatic carbocycles. The monoisotopic (exact) mass is 344 g/mol. The van der Waals surface area contributed by atoms with Crippen LogP contribution in [-0.4, -0.2) is 8.42 Å². The van der Waals surface area contributed by atoms with Gasteiger partial charge in [0.25, 0.3) is 0 Å². The number of hydrogen-bond donors (Lipinski definition) is 0. The predicted molar refractivity (Wildman–Crippen MR) is 73.1 cm³/mol. The molecule has 0 N–H and O–H groups in total. The van der Waals surface area contributed by atoms with Gasteiger partial charge in [-0.25, -0.2) is 4.39 Å². The van der Waals surface area contributed by atoms with Crippen molar-refractivity contribution >= 4 is 26.0 Å². The SMILES string of the molecule is Cc1ccccc1OS(=O)(=O)c1cc(Br)ccc1F. The van der Waals surface area contributed by atoms with Crippen LogP contribution >= 0.6 is 15.9 Å². The van der Waals surface area contributed by atoms with Gasteiger partial charge in [0.05, 0.1) is 0 Å². The van der Waals surface area contributed by atoms with Crippen molar-refractivity contribution in [3.63, 3.8) is 0 Å². The van der Waals surface area contributed by atoms with E-state index in [2.05, 4.69) is 15.9 Å². The molecule has 0 saturated heterocycles. The average molecular weight is 345 g/mol. The highest BCUT2D eigenvalue weighted by Crippen LogP contribution is 2.25. The minimum atomic E-state index is -4.19. The number of aryl methyl sites for hydroxylation is 1. The van der Waals surface area contributed by atoms with E-state index < -0.39 is 20.8 Å². The molecular weight excluding hydrogens is 335 g/mol. The Kier molecular flexibility index (Phi) is 3.91. The number of hydrogen-bond acceptors (Lipinski definition) is 3. The number of benzene rings is 2. The van der Waals surface area contributed by atoms with Gasteiger partial charge in [0, 0.05) is 4.47 Å². The first-order chi connectivity index (χ1) is 8.90. The summed E-state index contributed by atoms with van der Waals surface area (Å²) in [5.41, 5.74) is 0.654. The van der Waals surface area contributed by atoms with Gasteiger partial charge in [-0.1, -0.05) is 34.1 Å². The second-order valence-electron chi connectivity index (χ2n) is 3.88. The molecule has 0 aliphatic carbocycles. The molecule has 0 bridgehead atoms. The molecule has 100 valence electrons. The summed E-state index contributed by atoms with van der Waals surface area (Å²) in [4.78, 5) is -0.495. The third-order valence-electron chi connectivity index (χ3n) is 2.46. The van der Waals surface area contributed by atoms with Crippen LogP contribution in [-0.2, 0) is 10.1 Å². The van der Waals surface area contributed by atoms with Gasteiger partial charge in [-0.3, -0.25) is 0 Å². The van der Waals surface area contributed by atoms with Gasteiger partial charge in [0.2, 0.25) is 0 Å². The molecular formula is C13H10BrFO3S. The fraction of sp³-hybridized carbons (Fsp3) is 0.0769. The van der Waals surface area contributed by atoms with Crippen molar-refractivity contribution in [2.75, 3.05) is 0 Å². The van der Waals surface area contributed by atoms with Gasteiger partial charge in [-0.2, -0.15) is 8.42 Å². The fourth-order valence-corrected chi connectivity index (χ4v) is 3.09. The predicted octanol–water partition coefficient (Wildman–Crippen LogP) is 3.66. The Hall–Kier alpha value is -1.40. The molecule has 0 radical (unpaired) electrons. The van der Waals surface area contributed by atoms with Crippen LogP contribution in [0.3, 0.4) is 0 Å². The molecule has 2 aromatic rings. The molecule has 0 amide bonds. The molecule has 0 saturated carbocycles. The van der Waals surface area contributed by atoms with Crippen molar-refractivity contribution < 1.29 is 17.0 Å². The van der Waals surface area contributed by atoms with Gasteiger partial charge in [0.1, 0.15) is 16.5 Å². The average Bonchev–Trinajstić information content (AvgIpc) is 2.35. The van der Waals surface area contributed by atoms with E-state index in [1.165, 1.54) is 18.2 Å². The molecule has 0 aliphatic heterocycles. The molecule has 0 unspecified atom stereocenters. The maximum absolute atomic E-state index is 13.6. The summed E-state index contributed by atoms with van der Waals surface area (Å²) >= 11 is 3.10. The van der Waals surface area contributed by atoms with Crippen LogP contribution in [0.25, 0.3) is 0 Å². The first-order valence-electron chi connectivity index (χ1n) is 5.35. The van der Waals surface area contributed by atoms with Crippen LogP contribution in [0.2, 0.25) is 0 Å². The van der Waals surface area contributed by atoms with Crippen LogP contribution in [0.4, 0.5) is 4.39 Å². The summed E-state index contributed by atoms with van der Waals surface area (Å²) < 4.78 is 43.1. The maximum Gasteiger partial charge on any atom is 0.342 e. The lowest BCUT2D eigenvalue weighted by Gasteiger charge is -2.10. The highest BCUT2D eigenvalue weighted by Gasteiger charge is 2.22. The summed E-state index contributed by atoms with van der Waals surface area (Å²) in [5.74, 6) is -0.668. The Labute approximate surface area is 119 Å². The van der Waals surface area contributed by atoms with E-state index in [0.717, 1.165) is 6.07 Å². The Morgan fingerprint density at radius 2 is 1.84 bits per heavy atom. The largest absolute Gasteiger partial charge is 0.379 e. The van der Waals surface area contributed by atoms with Crippen molar-refractivity contribution in [2.24, 2.45) is 0 Å². The Balaban J connectivity index is 2.44. The van der Waals surface area contributed by atoms with Gasteiger partial charge < -0.3 is 4.18 Å². The zero-order valence-electron chi connectivity index (χ0n) is 9.93. The van der Waals surface area contributed by atoms with Crippen LogP contribution in [0.5, 0.6) is 5.75 Å². The molecule has 0 atom stereocenters. The van der Waals surface area contributed by atoms with Crippen LogP contribution < -0.4 is 4.18 Å². The smallest absolute Gasteiger partial charge is 0.342 e. The molecule has 0 spiro atoms. The minimum absolute atomic E-state index is 0.182. The van der Waals surface area contributed by atoms with E-state index in [1.807, 2.05) is 0 Å². The zero-order valence-corrected chi connectivity index (χ0v) is 12.3.